The number of hydrogen-bond acceptors (Lipinski definition) is 6. The van der Waals surface area contributed by atoms with E-state index in [-0.39, 0.29) is 11.3 Å². The molecule has 2 saturated carbocycles. The minimum Gasteiger partial charge on any atom is -0.367 e. The van der Waals surface area contributed by atoms with Gasteiger partial charge >= 0.3 is 0 Å². The van der Waals surface area contributed by atoms with Crippen molar-refractivity contribution in [1.82, 2.24) is 24.3 Å². The molecule has 8 nitrogen and oxygen atoms in total. The van der Waals surface area contributed by atoms with Gasteiger partial charge in [0.2, 0.25) is 5.91 Å². The third-order valence-corrected chi connectivity index (χ3v) is 11.8. The number of pyridine rings is 1. The number of nitrogens with zero attached hydrogens (tertiary/aromatic N) is 6. The van der Waals surface area contributed by atoms with Gasteiger partial charge in [-0.05, 0) is 96.0 Å². The van der Waals surface area contributed by atoms with Crippen molar-refractivity contribution in [3.63, 3.8) is 0 Å². The van der Waals surface area contributed by atoms with E-state index in [0.717, 1.165) is 61.1 Å². The van der Waals surface area contributed by atoms with Crippen LogP contribution in [0, 0.1) is 0 Å². The average Bonchev–Trinajstić information content (AvgIpc) is 3.65. The number of alkyl halides is 1. The van der Waals surface area contributed by atoms with Crippen LogP contribution >= 0.6 is 15.9 Å². The largest absolute Gasteiger partial charge is 0.367 e. The SMILES string of the molecule is CC(C)n1cnc2cc(-c3ccc4c(c3)N(C3CC(N5CCCCC5)C3)CC43CCN(C(=O)CBr)CC3)nc(NC3CC3)c21. The molecule has 2 saturated heterocycles. The number of rotatable bonds is 7. The quantitative estimate of drug-likeness (QED) is 0.298. The van der Waals surface area contributed by atoms with Crippen LogP contribution in [0.3, 0.4) is 0 Å². The zero-order valence-electron chi connectivity index (χ0n) is 26.3. The fourth-order valence-corrected chi connectivity index (χ4v) is 8.77. The third kappa shape index (κ3) is 5.02. The highest BCUT2D eigenvalue weighted by Crippen LogP contribution is 2.51. The topological polar surface area (TPSA) is 69.5 Å². The molecular weight excluding hydrogens is 614 g/mol. The van der Waals surface area contributed by atoms with E-state index in [9.17, 15) is 4.79 Å². The lowest BCUT2D eigenvalue weighted by Gasteiger charge is -2.49. The molecule has 0 unspecified atom stereocenters. The molecule has 5 heterocycles. The summed E-state index contributed by atoms with van der Waals surface area (Å²) in [4.78, 5) is 30.2. The van der Waals surface area contributed by atoms with Gasteiger partial charge in [-0.2, -0.15) is 0 Å². The van der Waals surface area contributed by atoms with Gasteiger partial charge in [0, 0.05) is 60.5 Å². The zero-order valence-corrected chi connectivity index (χ0v) is 27.9. The Morgan fingerprint density at radius 1 is 1.05 bits per heavy atom. The lowest BCUT2D eigenvalue weighted by Crippen LogP contribution is -2.56. The first-order chi connectivity index (χ1) is 21.4. The molecule has 3 aromatic rings. The van der Waals surface area contributed by atoms with Crippen LogP contribution in [0.4, 0.5) is 11.5 Å². The molecule has 0 radical (unpaired) electrons. The number of piperidine rings is 2. The van der Waals surface area contributed by atoms with Gasteiger partial charge in [-0.25, -0.2) is 9.97 Å². The van der Waals surface area contributed by atoms with E-state index in [0.29, 0.717) is 23.5 Å². The van der Waals surface area contributed by atoms with E-state index in [4.69, 9.17) is 9.97 Å². The highest BCUT2D eigenvalue weighted by atomic mass is 79.9. The molecular formula is C35H46BrN7O. The molecule has 0 bridgehead atoms. The van der Waals surface area contributed by atoms with Crippen LogP contribution in [0.2, 0.25) is 0 Å². The second kappa shape index (κ2) is 11.3. The van der Waals surface area contributed by atoms with Crippen LogP contribution in [0.5, 0.6) is 0 Å². The molecule has 234 valence electrons. The summed E-state index contributed by atoms with van der Waals surface area (Å²) in [6.07, 6.45) is 13.1. The summed E-state index contributed by atoms with van der Waals surface area (Å²) in [5, 5.41) is 4.14. The number of benzene rings is 1. The van der Waals surface area contributed by atoms with Crippen molar-refractivity contribution in [2.75, 3.05) is 48.3 Å². The summed E-state index contributed by atoms with van der Waals surface area (Å²) < 4.78 is 2.24. The van der Waals surface area contributed by atoms with Gasteiger partial charge in [0.05, 0.1) is 22.9 Å². The number of halogens is 1. The van der Waals surface area contributed by atoms with E-state index < -0.39 is 0 Å². The number of carbonyl (C=O) groups excluding carboxylic acids is 1. The Morgan fingerprint density at radius 2 is 1.82 bits per heavy atom. The number of imidazole rings is 1. The van der Waals surface area contributed by atoms with Crippen molar-refractivity contribution < 1.29 is 4.79 Å². The Labute approximate surface area is 269 Å². The van der Waals surface area contributed by atoms with Gasteiger partial charge in [0.1, 0.15) is 5.52 Å². The predicted octanol–water partition coefficient (Wildman–Crippen LogP) is 6.35. The van der Waals surface area contributed by atoms with E-state index in [2.05, 4.69) is 78.6 Å². The summed E-state index contributed by atoms with van der Waals surface area (Å²) in [6, 6.07) is 11.5. The van der Waals surface area contributed by atoms with Gasteiger partial charge in [-0.3, -0.25) is 4.79 Å². The molecule has 1 amide bonds. The van der Waals surface area contributed by atoms with Crippen molar-refractivity contribution in [2.45, 2.75) is 101 Å². The Hall–Kier alpha value is -2.65. The monoisotopic (exact) mass is 659 g/mol. The minimum absolute atomic E-state index is 0.110. The number of nitrogens with one attached hydrogen (secondary N) is 1. The first-order valence-electron chi connectivity index (χ1n) is 17.1. The van der Waals surface area contributed by atoms with Crippen LogP contribution in [-0.2, 0) is 10.2 Å². The predicted molar refractivity (Wildman–Crippen MR) is 181 cm³/mol. The van der Waals surface area contributed by atoms with Crippen molar-refractivity contribution in [3.05, 3.63) is 36.2 Å². The standard InChI is InChI=1S/C35H46BrN7O/c1-23(2)43-22-37-30-19-29(39-34(33(30)43)38-25-7-8-25)24-6-9-28-31(16-24)42(27-17-26(18-27)40-12-4-3-5-13-40)21-35(28)10-14-41(15-11-35)32(44)20-36/h6,9,16,19,22-23,25-27H,3-5,7-8,10-15,17-18,20-21H2,1-2H3,(H,38,39). The van der Waals surface area contributed by atoms with E-state index in [1.807, 2.05) is 6.33 Å². The summed E-state index contributed by atoms with van der Waals surface area (Å²) >= 11 is 3.39. The fraction of sp³-hybridized carbons (Fsp3) is 0.629. The first kappa shape index (κ1) is 28.8. The minimum atomic E-state index is 0.110. The number of likely N-dealkylation sites (tertiary alicyclic amines) is 2. The number of carbonyl (C=O) groups is 1. The molecule has 1 spiro atoms. The molecule has 1 N–H and O–H groups in total. The van der Waals surface area contributed by atoms with Crippen molar-refractivity contribution >= 4 is 44.4 Å². The summed E-state index contributed by atoms with van der Waals surface area (Å²) in [6.45, 7) is 9.71. The Balaban J connectivity index is 1.14. The van der Waals surface area contributed by atoms with Gasteiger partial charge in [0.15, 0.2) is 5.82 Å². The van der Waals surface area contributed by atoms with E-state index in [1.165, 1.54) is 74.8 Å². The van der Waals surface area contributed by atoms with Crippen LogP contribution in [0.1, 0.15) is 83.2 Å². The molecule has 1 aromatic carbocycles. The molecule has 4 fully saturated rings. The average molecular weight is 661 g/mol. The molecule has 2 aromatic heterocycles. The zero-order chi connectivity index (χ0) is 30.0. The molecule has 0 atom stereocenters. The van der Waals surface area contributed by atoms with Crippen LogP contribution in [-0.4, -0.2) is 86.4 Å². The molecule has 44 heavy (non-hydrogen) atoms. The second-order valence-electron chi connectivity index (χ2n) is 14.4. The Bertz CT molecular complexity index is 1540. The maximum atomic E-state index is 12.5. The lowest BCUT2D eigenvalue weighted by molar-refractivity contribution is -0.129. The number of fused-ring (bicyclic) bond motifs is 3. The van der Waals surface area contributed by atoms with Gasteiger partial charge in [0.25, 0.3) is 0 Å². The Morgan fingerprint density at radius 3 is 2.52 bits per heavy atom. The fourth-order valence-electron chi connectivity index (χ4n) is 8.41. The van der Waals surface area contributed by atoms with Crippen molar-refractivity contribution in [1.29, 1.82) is 0 Å². The summed E-state index contributed by atoms with van der Waals surface area (Å²) in [7, 11) is 0. The maximum Gasteiger partial charge on any atom is 0.233 e. The molecule has 8 rings (SSSR count). The van der Waals surface area contributed by atoms with Crippen molar-refractivity contribution in [3.8, 4) is 11.3 Å². The number of amides is 1. The van der Waals surface area contributed by atoms with Gasteiger partial charge in [-0.15, -0.1) is 0 Å². The highest BCUT2D eigenvalue weighted by molar-refractivity contribution is 9.09. The number of hydrogen-bond donors (Lipinski definition) is 1. The second-order valence-corrected chi connectivity index (χ2v) is 15.0. The lowest BCUT2D eigenvalue weighted by atomic mass is 9.74. The van der Waals surface area contributed by atoms with E-state index in [1.54, 1.807) is 0 Å². The maximum absolute atomic E-state index is 12.5. The molecule has 5 aliphatic rings. The van der Waals surface area contributed by atoms with Crippen LogP contribution in [0.15, 0.2) is 30.6 Å². The Kier molecular flexibility index (Phi) is 7.40. The van der Waals surface area contributed by atoms with Crippen LogP contribution in [0.25, 0.3) is 22.3 Å². The molecule has 3 aliphatic heterocycles. The van der Waals surface area contributed by atoms with Gasteiger partial charge in [-0.1, -0.05) is 34.5 Å². The van der Waals surface area contributed by atoms with E-state index >= 15 is 0 Å². The number of aromatic nitrogens is 3. The summed E-state index contributed by atoms with van der Waals surface area (Å²) in [5.41, 5.74) is 7.28. The molecule has 2 aliphatic carbocycles. The van der Waals surface area contributed by atoms with Crippen molar-refractivity contribution in [2.24, 2.45) is 0 Å². The normalized spacial score (nSPS) is 25.1. The first-order valence-corrected chi connectivity index (χ1v) is 18.2. The number of anilines is 2. The van der Waals surface area contributed by atoms with Gasteiger partial charge < -0.3 is 24.6 Å². The molecule has 9 heteroatoms. The third-order valence-electron chi connectivity index (χ3n) is 11.3. The summed E-state index contributed by atoms with van der Waals surface area (Å²) in [5.74, 6) is 1.18. The smallest absolute Gasteiger partial charge is 0.233 e. The highest BCUT2D eigenvalue weighted by Gasteiger charge is 2.49. The van der Waals surface area contributed by atoms with Crippen LogP contribution < -0.4 is 10.2 Å².